The number of unbranched alkanes of at least 4 members (excludes halogenated alkanes) is 3. The van der Waals surface area contributed by atoms with Gasteiger partial charge >= 0.3 is 0 Å². The lowest BCUT2D eigenvalue weighted by atomic mass is 9.83. The fourth-order valence-corrected chi connectivity index (χ4v) is 1.73. The molecule has 0 heterocycles. The van der Waals surface area contributed by atoms with E-state index in [2.05, 4.69) is 27.7 Å². The molecule has 1 N–H and O–H groups in total. The van der Waals surface area contributed by atoms with Gasteiger partial charge in [-0.05, 0) is 18.8 Å². The summed E-state index contributed by atoms with van der Waals surface area (Å²) in [6.07, 6.45) is 6.88. The Morgan fingerprint density at radius 1 is 1.08 bits per heavy atom. The Morgan fingerprint density at radius 2 is 1.69 bits per heavy atom. The largest absolute Gasteiger partial charge is 0.390 e. The maximum atomic E-state index is 10.2. The van der Waals surface area contributed by atoms with E-state index in [1.807, 2.05) is 0 Å². The van der Waals surface area contributed by atoms with E-state index in [-0.39, 0.29) is 0 Å². The zero-order valence-electron chi connectivity index (χ0n) is 9.77. The summed E-state index contributed by atoms with van der Waals surface area (Å²) in [4.78, 5) is 0. The van der Waals surface area contributed by atoms with Crippen LogP contribution in [-0.2, 0) is 0 Å². The van der Waals surface area contributed by atoms with Crippen LogP contribution in [-0.4, -0.2) is 10.7 Å². The first kappa shape index (κ1) is 13.0. The van der Waals surface area contributed by atoms with Crippen LogP contribution in [0.25, 0.3) is 0 Å². The van der Waals surface area contributed by atoms with Crippen LogP contribution < -0.4 is 0 Å². The molecule has 0 radical (unpaired) electrons. The normalized spacial score (nSPS) is 16.2. The van der Waals surface area contributed by atoms with E-state index in [1.165, 1.54) is 25.7 Å². The van der Waals surface area contributed by atoms with Crippen LogP contribution in [0.4, 0.5) is 0 Å². The van der Waals surface area contributed by atoms with Gasteiger partial charge in [0, 0.05) is 0 Å². The van der Waals surface area contributed by atoms with Gasteiger partial charge in [0.25, 0.3) is 0 Å². The van der Waals surface area contributed by atoms with Crippen molar-refractivity contribution in [2.24, 2.45) is 5.92 Å². The van der Waals surface area contributed by atoms with Crippen LogP contribution in [0.2, 0.25) is 0 Å². The van der Waals surface area contributed by atoms with E-state index >= 15 is 0 Å². The van der Waals surface area contributed by atoms with Crippen molar-refractivity contribution in [2.75, 3.05) is 0 Å². The standard InChI is InChI=1S/C12H26O/c1-5-7-8-9-10-12(13,6-2)11(3)4/h11,13H,5-10H2,1-4H3. The molecule has 0 bridgehead atoms. The van der Waals surface area contributed by atoms with Crippen molar-refractivity contribution in [1.29, 1.82) is 0 Å². The third kappa shape index (κ3) is 4.66. The van der Waals surface area contributed by atoms with Crippen LogP contribution in [0.15, 0.2) is 0 Å². The molecule has 0 amide bonds. The quantitative estimate of drug-likeness (QED) is 0.600. The first-order valence-corrected chi connectivity index (χ1v) is 5.79. The highest BCUT2D eigenvalue weighted by Crippen LogP contribution is 2.27. The van der Waals surface area contributed by atoms with Crippen LogP contribution >= 0.6 is 0 Å². The van der Waals surface area contributed by atoms with Gasteiger partial charge < -0.3 is 5.11 Å². The van der Waals surface area contributed by atoms with Gasteiger partial charge in [-0.1, -0.05) is 53.4 Å². The molecule has 0 fully saturated rings. The van der Waals surface area contributed by atoms with Gasteiger partial charge in [0.2, 0.25) is 0 Å². The first-order chi connectivity index (χ1) is 6.06. The summed E-state index contributed by atoms with van der Waals surface area (Å²) in [5.41, 5.74) is -0.409. The molecule has 1 heteroatoms. The van der Waals surface area contributed by atoms with Gasteiger partial charge in [0.05, 0.1) is 5.60 Å². The molecule has 0 aromatic heterocycles. The average Bonchev–Trinajstić information content (AvgIpc) is 2.12. The summed E-state index contributed by atoms with van der Waals surface area (Å²) in [6, 6.07) is 0. The molecule has 0 rings (SSSR count). The Kier molecular flexibility index (Phi) is 6.40. The lowest BCUT2D eigenvalue weighted by Gasteiger charge is -2.31. The summed E-state index contributed by atoms with van der Waals surface area (Å²) in [5, 5.41) is 10.2. The molecular weight excluding hydrogens is 160 g/mol. The Bertz CT molecular complexity index is 120. The highest BCUT2D eigenvalue weighted by Gasteiger charge is 2.27. The van der Waals surface area contributed by atoms with E-state index in [4.69, 9.17) is 0 Å². The van der Waals surface area contributed by atoms with Crippen LogP contribution in [0.5, 0.6) is 0 Å². The minimum Gasteiger partial charge on any atom is -0.390 e. The molecule has 1 atom stereocenters. The Hall–Kier alpha value is -0.0400. The second-order valence-electron chi connectivity index (χ2n) is 4.42. The monoisotopic (exact) mass is 186 g/mol. The van der Waals surface area contributed by atoms with Crippen molar-refractivity contribution in [3.8, 4) is 0 Å². The van der Waals surface area contributed by atoms with Crippen LogP contribution in [0.1, 0.15) is 66.2 Å². The molecule has 1 nitrogen and oxygen atoms in total. The summed E-state index contributed by atoms with van der Waals surface area (Å²) < 4.78 is 0. The smallest absolute Gasteiger partial charge is 0.0668 e. The summed E-state index contributed by atoms with van der Waals surface area (Å²) in [5.74, 6) is 0.388. The van der Waals surface area contributed by atoms with Gasteiger partial charge in [0.1, 0.15) is 0 Å². The van der Waals surface area contributed by atoms with Crippen molar-refractivity contribution >= 4 is 0 Å². The Balaban J connectivity index is 3.71. The number of aliphatic hydroxyl groups is 1. The molecular formula is C12H26O. The van der Waals surface area contributed by atoms with E-state index in [0.717, 1.165) is 12.8 Å². The van der Waals surface area contributed by atoms with Crippen molar-refractivity contribution in [1.82, 2.24) is 0 Å². The molecule has 0 aromatic rings. The third-order valence-electron chi connectivity index (χ3n) is 3.15. The van der Waals surface area contributed by atoms with Crippen molar-refractivity contribution in [2.45, 2.75) is 71.8 Å². The average molecular weight is 186 g/mol. The third-order valence-corrected chi connectivity index (χ3v) is 3.15. The highest BCUT2D eigenvalue weighted by atomic mass is 16.3. The molecule has 13 heavy (non-hydrogen) atoms. The van der Waals surface area contributed by atoms with Gasteiger partial charge in [0.15, 0.2) is 0 Å². The predicted molar refractivity (Wildman–Crippen MR) is 58.8 cm³/mol. The molecule has 0 aliphatic carbocycles. The molecule has 0 spiro atoms. The van der Waals surface area contributed by atoms with Gasteiger partial charge in [-0.2, -0.15) is 0 Å². The Morgan fingerprint density at radius 3 is 2.08 bits per heavy atom. The van der Waals surface area contributed by atoms with E-state index in [0.29, 0.717) is 5.92 Å². The zero-order chi connectivity index (χ0) is 10.3. The lowest BCUT2D eigenvalue weighted by molar-refractivity contribution is -0.0186. The second-order valence-corrected chi connectivity index (χ2v) is 4.42. The summed E-state index contributed by atoms with van der Waals surface area (Å²) in [7, 11) is 0. The predicted octanol–water partition coefficient (Wildman–Crippen LogP) is 3.75. The number of rotatable bonds is 7. The van der Waals surface area contributed by atoms with Crippen molar-refractivity contribution in [3.05, 3.63) is 0 Å². The topological polar surface area (TPSA) is 20.2 Å². The minimum atomic E-state index is -0.409. The Labute approximate surface area is 83.5 Å². The molecule has 80 valence electrons. The summed E-state index contributed by atoms with van der Waals surface area (Å²) >= 11 is 0. The number of hydrogen-bond acceptors (Lipinski definition) is 1. The second kappa shape index (κ2) is 6.42. The molecule has 1 unspecified atom stereocenters. The molecule has 0 saturated carbocycles. The minimum absolute atomic E-state index is 0.388. The SMILES string of the molecule is CCCCCCC(O)(CC)C(C)C. The zero-order valence-corrected chi connectivity index (χ0v) is 9.77. The van der Waals surface area contributed by atoms with Gasteiger partial charge in [-0.3, -0.25) is 0 Å². The number of hydrogen-bond donors (Lipinski definition) is 1. The summed E-state index contributed by atoms with van der Waals surface area (Å²) in [6.45, 7) is 8.53. The molecule has 0 aromatic carbocycles. The van der Waals surface area contributed by atoms with Crippen molar-refractivity contribution < 1.29 is 5.11 Å². The first-order valence-electron chi connectivity index (χ1n) is 5.79. The fourth-order valence-electron chi connectivity index (χ4n) is 1.73. The molecule has 0 aliphatic heterocycles. The molecule has 0 aliphatic rings. The van der Waals surface area contributed by atoms with Crippen molar-refractivity contribution in [3.63, 3.8) is 0 Å². The molecule has 0 saturated heterocycles. The van der Waals surface area contributed by atoms with Gasteiger partial charge in [-0.15, -0.1) is 0 Å². The lowest BCUT2D eigenvalue weighted by Crippen LogP contribution is -2.33. The maximum absolute atomic E-state index is 10.2. The van der Waals surface area contributed by atoms with E-state index in [9.17, 15) is 5.11 Å². The fraction of sp³-hybridized carbons (Fsp3) is 1.00. The highest BCUT2D eigenvalue weighted by molar-refractivity contribution is 4.79. The van der Waals surface area contributed by atoms with Gasteiger partial charge in [-0.25, -0.2) is 0 Å². The van der Waals surface area contributed by atoms with E-state index in [1.54, 1.807) is 0 Å². The van der Waals surface area contributed by atoms with Crippen LogP contribution in [0.3, 0.4) is 0 Å². The van der Waals surface area contributed by atoms with E-state index < -0.39 is 5.60 Å². The maximum Gasteiger partial charge on any atom is 0.0668 e. The van der Waals surface area contributed by atoms with Crippen LogP contribution in [0, 0.1) is 5.92 Å².